The molecule has 3 nitrogen and oxygen atoms in total. The summed E-state index contributed by atoms with van der Waals surface area (Å²) in [4.78, 5) is 10.4. The summed E-state index contributed by atoms with van der Waals surface area (Å²) >= 11 is 0. The number of hydrogen-bond donors (Lipinski definition) is 2. The Labute approximate surface area is 61.3 Å². The Morgan fingerprint density at radius 2 is 2.30 bits per heavy atom. The first-order valence-electron chi connectivity index (χ1n) is 3.36. The molecule has 58 valence electrons. The lowest BCUT2D eigenvalue weighted by atomic mass is 10.3. The number of nitrogens with two attached hydrogens (primary N) is 1. The third kappa shape index (κ3) is 4.09. The fourth-order valence-electron chi connectivity index (χ4n) is 0.503. The molecule has 0 aromatic carbocycles. The van der Waals surface area contributed by atoms with E-state index in [-0.39, 0.29) is 0 Å². The largest absolute Gasteiger partial charge is 0.366 e. The number of amides is 1. The van der Waals surface area contributed by atoms with Crippen LogP contribution in [0.15, 0.2) is 12.2 Å². The molecule has 0 atom stereocenters. The molecule has 0 saturated carbocycles. The van der Waals surface area contributed by atoms with Crippen molar-refractivity contribution < 1.29 is 4.79 Å². The fourth-order valence-corrected chi connectivity index (χ4v) is 0.503. The van der Waals surface area contributed by atoms with Crippen LogP contribution in [0.25, 0.3) is 0 Å². The van der Waals surface area contributed by atoms with Gasteiger partial charge in [-0.3, -0.25) is 4.79 Å². The van der Waals surface area contributed by atoms with Gasteiger partial charge in [-0.2, -0.15) is 0 Å². The average molecular weight is 142 g/mol. The van der Waals surface area contributed by atoms with Crippen LogP contribution >= 0.6 is 0 Å². The molecule has 3 heteroatoms. The maximum absolute atomic E-state index is 10.4. The van der Waals surface area contributed by atoms with E-state index in [1.165, 1.54) is 0 Å². The highest BCUT2D eigenvalue weighted by Crippen LogP contribution is 1.83. The second kappa shape index (κ2) is 4.99. The molecule has 0 aromatic heterocycles. The van der Waals surface area contributed by atoms with Crippen LogP contribution in [-0.4, -0.2) is 19.0 Å². The topological polar surface area (TPSA) is 55.1 Å². The van der Waals surface area contributed by atoms with Gasteiger partial charge >= 0.3 is 0 Å². The maximum atomic E-state index is 10.4. The van der Waals surface area contributed by atoms with E-state index >= 15 is 0 Å². The summed E-state index contributed by atoms with van der Waals surface area (Å²) in [6.07, 6.45) is 1.05. The molecule has 3 N–H and O–H groups in total. The van der Waals surface area contributed by atoms with Gasteiger partial charge in [0.05, 0.1) is 0 Å². The van der Waals surface area contributed by atoms with Gasteiger partial charge in [-0.1, -0.05) is 13.5 Å². The molecular formula is C7H14N2O. The first-order valence-corrected chi connectivity index (χ1v) is 3.36. The molecular weight excluding hydrogens is 128 g/mol. The summed E-state index contributed by atoms with van der Waals surface area (Å²) in [6.45, 7) is 6.94. The molecule has 0 unspecified atom stereocenters. The highest BCUT2D eigenvalue weighted by Gasteiger charge is 1.98. The van der Waals surface area contributed by atoms with Gasteiger partial charge in [-0.25, -0.2) is 0 Å². The Bertz CT molecular complexity index is 132. The van der Waals surface area contributed by atoms with Gasteiger partial charge in [0.2, 0.25) is 5.91 Å². The first-order chi connectivity index (χ1) is 4.68. The van der Waals surface area contributed by atoms with Crippen molar-refractivity contribution in [2.75, 3.05) is 13.1 Å². The fraction of sp³-hybridized carbons (Fsp3) is 0.571. The molecule has 0 radical (unpaired) electrons. The van der Waals surface area contributed by atoms with Gasteiger partial charge in [-0.15, -0.1) is 0 Å². The molecule has 0 spiro atoms. The number of rotatable bonds is 5. The van der Waals surface area contributed by atoms with Crippen molar-refractivity contribution in [3.63, 3.8) is 0 Å². The third-order valence-corrected chi connectivity index (χ3v) is 1.11. The number of carbonyl (C=O) groups excluding carboxylic acids is 1. The Kier molecular flexibility index (Phi) is 4.58. The zero-order valence-corrected chi connectivity index (χ0v) is 6.31. The molecule has 0 rings (SSSR count). The van der Waals surface area contributed by atoms with Crippen molar-refractivity contribution in [2.24, 2.45) is 5.73 Å². The van der Waals surface area contributed by atoms with Crippen LogP contribution in [-0.2, 0) is 4.79 Å². The molecule has 1 amide bonds. The van der Waals surface area contributed by atoms with Crippen LogP contribution in [0.4, 0.5) is 0 Å². The van der Waals surface area contributed by atoms with Gasteiger partial charge in [0.1, 0.15) is 0 Å². The molecule has 10 heavy (non-hydrogen) atoms. The Balaban J connectivity index is 3.31. The molecule has 0 aromatic rings. The predicted octanol–water partition coefficient (Wildman–Crippen LogP) is 0.0275. The van der Waals surface area contributed by atoms with Crippen LogP contribution in [0.2, 0.25) is 0 Å². The molecule has 0 heterocycles. The highest BCUT2D eigenvalue weighted by atomic mass is 16.1. The van der Waals surface area contributed by atoms with E-state index in [2.05, 4.69) is 18.8 Å². The van der Waals surface area contributed by atoms with E-state index in [9.17, 15) is 4.79 Å². The van der Waals surface area contributed by atoms with E-state index in [1.54, 1.807) is 0 Å². The minimum Gasteiger partial charge on any atom is -0.366 e. The molecule has 0 aliphatic heterocycles. The van der Waals surface area contributed by atoms with Gasteiger partial charge in [0.15, 0.2) is 0 Å². The lowest BCUT2D eigenvalue weighted by Gasteiger charge is -2.01. The summed E-state index contributed by atoms with van der Waals surface area (Å²) < 4.78 is 0. The van der Waals surface area contributed by atoms with Crippen molar-refractivity contribution in [2.45, 2.75) is 13.3 Å². The van der Waals surface area contributed by atoms with Gasteiger partial charge in [-0.05, 0) is 13.0 Å². The Morgan fingerprint density at radius 1 is 1.70 bits per heavy atom. The lowest BCUT2D eigenvalue weighted by Crippen LogP contribution is -2.24. The van der Waals surface area contributed by atoms with Gasteiger partial charge in [0.25, 0.3) is 0 Å². The zero-order chi connectivity index (χ0) is 7.98. The lowest BCUT2D eigenvalue weighted by molar-refractivity contribution is -0.114. The molecule has 0 saturated heterocycles. The highest BCUT2D eigenvalue weighted by molar-refractivity contribution is 5.91. The third-order valence-electron chi connectivity index (χ3n) is 1.11. The summed E-state index contributed by atoms with van der Waals surface area (Å²) in [5.41, 5.74) is 5.38. The minimum absolute atomic E-state index is 0.427. The monoisotopic (exact) mass is 142 g/mol. The summed E-state index contributed by atoms with van der Waals surface area (Å²) in [5, 5.41) is 3.02. The van der Waals surface area contributed by atoms with Gasteiger partial charge < -0.3 is 11.1 Å². The molecule has 0 aliphatic rings. The second-order valence-corrected chi connectivity index (χ2v) is 2.14. The van der Waals surface area contributed by atoms with E-state index in [4.69, 9.17) is 5.73 Å². The van der Waals surface area contributed by atoms with Crippen LogP contribution in [0.3, 0.4) is 0 Å². The number of carbonyl (C=O) groups is 1. The Morgan fingerprint density at radius 3 is 2.70 bits per heavy atom. The van der Waals surface area contributed by atoms with Crippen LogP contribution in [0.1, 0.15) is 13.3 Å². The zero-order valence-electron chi connectivity index (χ0n) is 6.31. The second-order valence-electron chi connectivity index (χ2n) is 2.14. The summed E-state index contributed by atoms with van der Waals surface area (Å²) in [5.74, 6) is -0.427. The minimum atomic E-state index is -0.427. The summed E-state index contributed by atoms with van der Waals surface area (Å²) in [7, 11) is 0. The number of primary amides is 1. The standard InChI is InChI=1S/C7H14N2O/c1-3-4-9-5-6(2)7(8)10/h9H,2-5H2,1H3,(H2,8,10). The van der Waals surface area contributed by atoms with E-state index < -0.39 is 5.91 Å². The van der Waals surface area contributed by atoms with Crippen LogP contribution < -0.4 is 11.1 Å². The van der Waals surface area contributed by atoms with Crippen molar-refractivity contribution in [3.05, 3.63) is 12.2 Å². The number of nitrogens with one attached hydrogen (secondary N) is 1. The van der Waals surface area contributed by atoms with E-state index in [0.29, 0.717) is 12.1 Å². The molecule has 0 bridgehead atoms. The van der Waals surface area contributed by atoms with Crippen molar-refractivity contribution >= 4 is 5.91 Å². The Hall–Kier alpha value is -0.830. The quantitative estimate of drug-likeness (QED) is 0.420. The van der Waals surface area contributed by atoms with Crippen molar-refractivity contribution in [3.8, 4) is 0 Å². The summed E-state index contributed by atoms with van der Waals surface area (Å²) in [6, 6.07) is 0. The van der Waals surface area contributed by atoms with Crippen molar-refractivity contribution in [1.29, 1.82) is 0 Å². The first kappa shape index (κ1) is 9.17. The SMILES string of the molecule is C=C(CNCCC)C(N)=O. The van der Waals surface area contributed by atoms with Crippen LogP contribution in [0.5, 0.6) is 0 Å². The number of hydrogen-bond acceptors (Lipinski definition) is 2. The van der Waals surface area contributed by atoms with E-state index in [1.807, 2.05) is 0 Å². The molecule has 0 aliphatic carbocycles. The van der Waals surface area contributed by atoms with Crippen molar-refractivity contribution in [1.82, 2.24) is 5.32 Å². The van der Waals surface area contributed by atoms with Crippen LogP contribution in [0, 0.1) is 0 Å². The van der Waals surface area contributed by atoms with E-state index in [0.717, 1.165) is 13.0 Å². The van der Waals surface area contributed by atoms with Gasteiger partial charge in [0, 0.05) is 12.1 Å². The smallest absolute Gasteiger partial charge is 0.245 e. The molecule has 0 fully saturated rings. The average Bonchev–Trinajstić information content (AvgIpc) is 1.88. The normalized spacial score (nSPS) is 9.30. The maximum Gasteiger partial charge on any atom is 0.245 e. The predicted molar refractivity (Wildman–Crippen MR) is 41.5 cm³/mol.